The first-order chi connectivity index (χ1) is 15.0. The molecular weight excluding hydrogens is 398 g/mol. The number of hydrogen-bond acceptors (Lipinski definition) is 7. The molecule has 2 amide bonds. The number of ether oxygens (including phenoxy) is 2. The van der Waals surface area contributed by atoms with Crippen LogP contribution in [0, 0.1) is 34.5 Å². The Labute approximate surface area is 184 Å². The summed E-state index contributed by atoms with van der Waals surface area (Å²) < 4.78 is 10.4. The van der Waals surface area contributed by atoms with E-state index in [-0.39, 0.29) is 18.1 Å². The number of rotatable bonds is 12. The molecule has 2 atom stereocenters. The minimum absolute atomic E-state index is 0.00944. The molecule has 1 saturated carbocycles. The lowest BCUT2D eigenvalue weighted by atomic mass is 9.81. The Morgan fingerprint density at radius 3 is 2.35 bits per heavy atom. The summed E-state index contributed by atoms with van der Waals surface area (Å²) in [6, 6.07) is 3.58. The maximum Gasteiger partial charge on any atom is 0.407 e. The third-order valence-corrected chi connectivity index (χ3v) is 5.06. The Balaban J connectivity index is 2.35. The van der Waals surface area contributed by atoms with Crippen molar-refractivity contribution >= 4 is 12.0 Å². The van der Waals surface area contributed by atoms with Crippen LogP contribution in [-0.2, 0) is 14.3 Å². The zero-order valence-corrected chi connectivity index (χ0v) is 18.4. The molecule has 0 aliphatic heterocycles. The van der Waals surface area contributed by atoms with Crippen molar-refractivity contribution in [3.63, 3.8) is 0 Å². The van der Waals surface area contributed by atoms with Crippen molar-refractivity contribution in [3.05, 3.63) is 23.9 Å². The molecule has 0 aromatic carbocycles. The number of nitriles is 2. The van der Waals surface area contributed by atoms with Gasteiger partial charge in [0.1, 0.15) is 24.3 Å². The maximum atomic E-state index is 12.0. The lowest BCUT2D eigenvalue weighted by molar-refractivity contribution is -0.119. The van der Waals surface area contributed by atoms with Crippen LogP contribution in [0.25, 0.3) is 0 Å². The molecule has 0 radical (unpaired) electrons. The monoisotopic (exact) mass is 431 g/mol. The second-order valence-electron chi connectivity index (χ2n) is 7.53. The summed E-state index contributed by atoms with van der Waals surface area (Å²) in [5.74, 6) is 0.838. The molecular formula is C22H33N5O4. The van der Waals surface area contributed by atoms with E-state index < -0.39 is 6.09 Å². The van der Waals surface area contributed by atoms with Crippen molar-refractivity contribution in [1.29, 1.82) is 10.5 Å². The summed E-state index contributed by atoms with van der Waals surface area (Å²) in [5.41, 5.74) is 0.0144. The van der Waals surface area contributed by atoms with Crippen LogP contribution in [0.5, 0.6) is 0 Å². The minimum Gasteiger partial charge on any atom is -0.448 e. The van der Waals surface area contributed by atoms with E-state index in [4.69, 9.17) is 20.0 Å². The third-order valence-electron chi connectivity index (χ3n) is 5.06. The number of methoxy groups -OCH3 is 1. The highest BCUT2D eigenvalue weighted by Gasteiger charge is 2.22. The first kappa shape index (κ1) is 26.0. The molecule has 0 bridgehead atoms. The molecule has 9 heteroatoms. The normalized spacial score (nSPS) is 17.8. The van der Waals surface area contributed by atoms with E-state index in [0.717, 1.165) is 25.7 Å². The van der Waals surface area contributed by atoms with Crippen molar-refractivity contribution in [3.8, 4) is 12.1 Å². The molecule has 2 N–H and O–H groups in total. The van der Waals surface area contributed by atoms with Gasteiger partial charge in [-0.05, 0) is 49.5 Å². The fourth-order valence-electron chi connectivity index (χ4n) is 3.43. The lowest BCUT2D eigenvalue weighted by Gasteiger charge is -2.29. The highest BCUT2D eigenvalue weighted by Crippen LogP contribution is 2.28. The van der Waals surface area contributed by atoms with Gasteiger partial charge in [-0.3, -0.25) is 4.79 Å². The minimum atomic E-state index is -0.448. The number of allylic oxidation sites excluding steroid dienone is 3. The van der Waals surface area contributed by atoms with E-state index in [0.29, 0.717) is 44.6 Å². The Morgan fingerprint density at radius 1 is 1.10 bits per heavy atom. The number of hydrogen-bond donors (Lipinski definition) is 2. The molecule has 1 fully saturated rings. The van der Waals surface area contributed by atoms with Crippen LogP contribution in [-0.4, -0.2) is 63.4 Å². The van der Waals surface area contributed by atoms with E-state index in [1.54, 1.807) is 31.5 Å². The Bertz CT molecular complexity index is 692. The van der Waals surface area contributed by atoms with Gasteiger partial charge in [0, 0.05) is 33.7 Å². The zero-order chi connectivity index (χ0) is 22.9. The molecule has 1 aliphatic carbocycles. The average molecular weight is 432 g/mol. The molecule has 31 heavy (non-hydrogen) atoms. The van der Waals surface area contributed by atoms with Crippen LogP contribution >= 0.6 is 0 Å². The van der Waals surface area contributed by atoms with E-state index in [2.05, 4.69) is 10.6 Å². The van der Waals surface area contributed by atoms with Crippen molar-refractivity contribution in [1.82, 2.24) is 15.5 Å². The molecule has 1 rings (SSSR count). The molecule has 0 aromatic heterocycles. The van der Waals surface area contributed by atoms with Crippen LogP contribution in [0.2, 0.25) is 0 Å². The van der Waals surface area contributed by atoms with Gasteiger partial charge in [0.15, 0.2) is 0 Å². The Morgan fingerprint density at radius 2 is 1.74 bits per heavy atom. The van der Waals surface area contributed by atoms with Gasteiger partial charge in [-0.25, -0.2) is 4.79 Å². The van der Waals surface area contributed by atoms with Crippen LogP contribution in [0.4, 0.5) is 4.79 Å². The summed E-state index contributed by atoms with van der Waals surface area (Å²) >= 11 is 0. The molecule has 170 valence electrons. The molecule has 1 aliphatic rings. The number of carbonyl (C=O) groups is 2. The van der Waals surface area contributed by atoms with E-state index >= 15 is 0 Å². The first-order valence-electron chi connectivity index (χ1n) is 10.5. The van der Waals surface area contributed by atoms with Crippen LogP contribution < -0.4 is 10.6 Å². The molecule has 0 aromatic rings. The maximum absolute atomic E-state index is 12.0. The van der Waals surface area contributed by atoms with E-state index in [9.17, 15) is 9.59 Å². The number of amides is 2. The number of nitrogens with zero attached hydrogens (tertiary/aromatic N) is 3. The number of nitrogens with one attached hydrogen (secondary N) is 2. The molecule has 2 unspecified atom stereocenters. The predicted octanol–water partition coefficient (Wildman–Crippen LogP) is 2.09. The van der Waals surface area contributed by atoms with Crippen LogP contribution in [0.1, 0.15) is 32.6 Å². The highest BCUT2D eigenvalue weighted by atomic mass is 16.5. The molecule has 0 heterocycles. The SMILES string of the molecule is COCCN(/C=C/C=C(C#N)C#N)CCOC(=O)NCC1CCCC(CNC(C)=O)C1. The molecule has 0 saturated heterocycles. The predicted molar refractivity (Wildman–Crippen MR) is 115 cm³/mol. The largest absolute Gasteiger partial charge is 0.448 e. The van der Waals surface area contributed by atoms with Crippen LogP contribution in [0.15, 0.2) is 23.9 Å². The smallest absolute Gasteiger partial charge is 0.407 e. The topological polar surface area (TPSA) is 127 Å². The summed E-state index contributed by atoms with van der Waals surface area (Å²) in [5, 5.41) is 23.2. The average Bonchev–Trinajstić information content (AvgIpc) is 2.77. The van der Waals surface area contributed by atoms with Gasteiger partial charge >= 0.3 is 6.09 Å². The van der Waals surface area contributed by atoms with E-state index in [1.165, 1.54) is 13.0 Å². The van der Waals surface area contributed by atoms with Crippen molar-refractivity contribution in [2.75, 3.05) is 46.5 Å². The summed E-state index contributed by atoms with van der Waals surface area (Å²) in [4.78, 5) is 25.0. The van der Waals surface area contributed by atoms with Gasteiger partial charge in [-0.1, -0.05) is 6.42 Å². The fraction of sp³-hybridized carbons (Fsp3) is 0.636. The van der Waals surface area contributed by atoms with Gasteiger partial charge in [-0.15, -0.1) is 0 Å². The van der Waals surface area contributed by atoms with Crippen molar-refractivity contribution in [2.45, 2.75) is 32.6 Å². The first-order valence-corrected chi connectivity index (χ1v) is 10.5. The second-order valence-corrected chi connectivity index (χ2v) is 7.53. The zero-order valence-electron chi connectivity index (χ0n) is 18.4. The number of alkyl carbamates (subject to hydrolysis) is 1. The van der Waals surface area contributed by atoms with Gasteiger partial charge in [-0.2, -0.15) is 10.5 Å². The Hall–Kier alpha value is -3.04. The van der Waals surface area contributed by atoms with Gasteiger partial charge < -0.3 is 25.0 Å². The summed E-state index contributed by atoms with van der Waals surface area (Å²) in [7, 11) is 1.60. The van der Waals surface area contributed by atoms with Gasteiger partial charge in [0.05, 0.1) is 13.2 Å². The molecule has 9 nitrogen and oxygen atoms in total. The van der Waals surface area contributed by atoms with Gasteiger partial charge in [0.25, 0.3) is 0 Å². The van der Waals surface area contributed by atoms with Crippen LogP contribution in [0.3, 0.4) is 0 Å². The molecule has 0 spiro atoms. The standard InChI is InChI=1S/C22H33N5O4/c1-18(28)25-16-19-5-3-6-20(13-19)17-26-22(29)31-12-10-27(9-11-30-2)8-4-7-21(14-23)15-24/h4,7-8,19-20H,3,5-6,9-13,16-17H2,1-2H3,(H,25,28)(H,26,29)/b8-4+. The van der Waals surface area contributed by atoms with E-state index in [1.807, 2.05) is 4.90 Å². The Kier molecular flexibility index (Phi) is 13.2. The van der Waals surface area contributed by atoms with Crippen molar-refractivity contribution in [2.24, 2.45) is 11.8 Å². The van der Waals surface area contributed by atoms with Gasteiger partial charge in [0.2, 0.25) is 5.91 Å². The summed E-state index contributed by atoms with van der Waals surface area (Å²) in [6.45, 7) is 4.51. The fourth-order valence-corrected chi connectivity index (χ4v) is 3.43. The second kappa shape index (κ2) is 15.8. The lowest BCUT2D eigenvalue weighted by Crippen LogP contribution is -2.36. The third kappa shape index (κ3) is 12.3. The summed E-state index contributed by atoms with van der Waals surface area (Å²) in [6.07, 6.45) is 8.56. The quantitative estimate of drug-likeness (QED) is 0.358. The van der Waals surface area contributed by atoms with Crippen molar-refractivity contribution < 1.29 is 19.1 Å². The number of carbonyl (C=O) groups excluding carboxylic acids is 2. The highest BCUT2D eigenvalue weighted by molar-refractivity contribution is 5.72.